The van der Waals surface area contributed by atoms with Crippen molar-refractivity contribution >= 4 is 26.9 Å². The van der Waals surface area contributed by atoms with Crippen LogP contribution in [0.25, 0.3) is 33.5 Å². The van der Waals surface area contributed by atoms with Gasteiger partial charge in [0.25, 0.3) is 0 Å². The highest BCUT2D eigenvalue weighted by Gasteiger charge is 2.24. The maximum Gasteiger partial charge on any atom is 0.240 e. The summed E-state index contributed by atoms with van der Waals surface area (Å²) < 4.78 is 35.5. The highest BCUT2D eigenvalue weighted by Crippen LogP contribution is 2.34. The van der Waals surface area contributed by atoms with Crippen LogP contribution in [0.15, 0.2) is 47.9 Å². The number of aromatic nitrogens is 5. The molecular formula is C26H31N7O3S. The van der Waals surface area contributed by atoms with Crippen LogP contribution in [0.1, 0.15) is 38.6 Å². The zero-order valence-corrected chi connectivity index (χ0v) is 21.8. The normalized spacial score (nSPS) is 19.2. The van der Waals surface area contributed by atoms with Crippen molar-refractivity contribution in [2.75, 3.05) is 31.7 Å². The van der Waals surface area contributed by atoms with Crippen molar-refractivity contribution in [1.29, 1.82) is 0 Å². The van der Waals surface area contributed by atoms with Crippen LogP contribution in [0, 0.1) is 0 Å². The monoisotopic (exact) mass is 521 g/mol. The molecule has 10 nitrogen and oxygen atoms in total. The van der Waals surface area contributed by atoms with Gasteiger partial charge >= 0.3 is 0 Å². The molecule has 3 aromatic heterocycles. The Kier molecular flexibility index (Phi) is 6.21. The molecule has 194 valence electrons. The molecule has 2 saturated heterocycles. The Balaban J connectivity index is 1.42. The number of sulfonamides is 1. The van der Waals surface area contributed by atoms with Crippen molar-refractivity contribution in [3.8, 4) is 22.4 Å². The molecule has 1 aromatic carbocycles. The molecule has 0 saturated carbocycles. The summed E-state index contributed by atoms with van der Waals surface area (Å²) in [5.74, 6) is 0. The van der Waals surface area contributed by atoms with Crippen molar-refractivity contribution in [3.63, 3.8) is 0 Å². The van der Waals surface area contributed by atoms with Gasteiger partial charge in [-0.05, 0) is 57.9 Å². The van der Waals surface area contributed by atoms with Gasteiger partial charge in [-0.25, -0.2) is 23.1 Å². The number of rotatable bonds is 6. The molecule has 0 aliphatic carbocycles. The largest absolute Gasteiger partial charge is 0.381 e. The lowest BCUT2D eigenvalue weighted by Crippen LogP contribution is -2.27. The highest BCUT2D eigenvalue weighted by atomic mass is 32.2. The average molecular weight is 522 g/mol. The average Bonchev–Trinajstić information content (AvgIpc) is 3.68. The number of hydrogen-bond acceptors (Lipinski definition) is 7. The minimum Gasteiger partial charge on any atom is -0.381 e. The zero-order valence-electron chi connectivity index (χ0n) is 21.0. The van der Waals surface area contributed by atoms with Crippen LogP contribution in [0.2, 0.25) is 0 Å². The first kappa shape index (κ1) is 24.1. The maximum absolute atomic E-state index is 12.8. The SMILES string of the molecule is CNS(=O)(=O)c1cc(-c2cnc3[nH]cc(-c4cnn(C5CCOCC5)c4)c3n2)cc(N2CCCC2C)c1. The van der Waals surface area contributed by atoms with Gasteiger partial charge in [0.15, 0.2) is 5.65 Å². The molecule has 0 radical (unpaired) electrons. The number of fused-ring (bicyclic) bond motifs is 1. The first-order valence-corrected chi connectivity index (χ1v) is 14.2. The number of hydrogen-bond donors (Lipinski definition) is 2. The first-order chi connectivity index (χ1) is 17.9. The fourth-order valence-electron chi connectivity index (χ4n) is 5.36. The number of benzene rings is 1. The van der Waals surface area contributed by atoms with Gasteiger partial charge in [0, 0.05) is 60.6 Å². The maximum atomic E-state index is 12.8. The lowest BCUT2D eigenvalue weighted by molar-refractivity contribution is 0.0662. The summed E-state index contributed by atoms with van der Waals surface area (Å²) in [5, 5.41) is 4.61. The van der Waals surface area contributed by atoms with Gasteiger partial charge in [-0.15, -0.1) is 0 Å². The molecule has 2 fully saturated rings. The van der Waals surface area contributed by atoms with Crippen molar-refractivity contribution in [2.24, 2.45) is 0 Å². The molecule has 0 bridgehead atoms. The molecule has 6 rings (SSSR count). The van der Waals surface area contributed by atoms with Crippen molar-refractivity contribution in [3.05, 3.63) is 43.0 Å². The Morgan fingerprint density at radius 2 is 1.95 bits per heavy atom. The second-order valence-corrected chi connectivity index (χ2v) is 11.7. The number of anilines is 1. The van der Waals surface area contributed by atoms with Gasteiger partial charge in [0.2, 0.25) is 10.0 Å². The summed E-state index contributed by atoms with van der Waals surface area (Å²) >= 11 is 0. The van der Waals surface area contributed by atoms with E-state index in [1.807, 2.05) is 23.1 Å². The lowest BCUT2D eigenvalue weighted by Gasteiger charge is -2.25. The van der Waals surface area contributed by atoms with E-state index in [1.165, 1.54) is 7.05 Å². The van der Waals surface area contributed by atoms with E-state index in [0.717, 1.165) is 67.8 Å². The Morgan fingerprint density at radius 1 is 1.11 bits per heavy atom. The van der Waals surface area contributed by atoms with Crippen molar-refractivity contribution in [2.45, 2.75) is 49.6 Å². The van der Waals surface area contributed by atoms with E-state index in [0.29, 0.717) is 29.0 Å². The Hall–Kier alpha value is -3.28. The molecule has 5 heterocycles. The third kappa shape index (κ3) is 4.51. The first-order valence-electron chi connectivity index (χ1n) is 12.7. The Labute approximate surface area is 216 Å². The second kappa shape index (κ2) is 9.55. The topological polar surface area (TPSA) is 118 Å². The molecule has 2 N–H and O–H groups in total. The summed E-state index contributed by atoms with van der Waals surface area (Å²) in [4.78, 5) is 15.3. The van der Waals surface area contributed by atoms with Crippen molar-refractivity contribution < 1.29 is 13.2 Å². The summed E-state index contributed by atoms with van der Waals surface area (Å²) in [7, 11) is -2.21. The fourth-order valence-corrected chi connectivity index (χ4v) is 6.16. The van der Waals surface area contributed by atoms with E-state index < -0.39 is 10.0 Å². The minimum absolute atomic E-state index is 0.218. The van der Waals surface area contributed by atoms with Crippen LogP contribution in [0.5, 0.6) is 0 Å². The van der Waals surface area contributed by atoms with E-state index in [4.69, 9.17) is 9.72 Å². The predicted molar refractivity (Wildman–Crippen MR) is 142 cm³/mol. The number of nitrogens with zero attached hydrogens (tertiary/aromatic N) is 5. The minimum atomic E-state index is -3.64. The highest BCUT2D eigenvalue weighted by molar-refractivity contribution is 7.89. The molecule has 11 heteroatoms. The van der Waals surface area contributed by atoms with Gasteiger partial charge in [0.1, 0.15) is 5.52 Å². The van der Waals surface area contributed by atoms with E-state index in [-0.39, 0.29) is 4.90 Å². The number of aromatic amines is 1. The van der Waals surface area contributed by atoms with Crippen LogP contribution in [0.4, 0.5) is 5.69 Å². The molecule has 2 aliphatic rings. The third-order valence-corrected chi connectivity index (χ3v) is 8.90. The van der Waals surface area contributed by atoms with Crippen LogP contribution in [-0.4, -0.2) is 66.0 Å². The van der Waals surface area contributed by atoms with E-state index in [2.05, 4.69) is 37.8 Å². The molecule has 1 atom stereocenters. The van der Waals surface area contributed by atoms with Gasteiger partial charge in [-0.2, -0.15) is 5.10 Å². The number of H-pyrrole nitrogens is 1. The Morgan fingerprint density at radius 3 is 2.70 bits per heavy atom. The predicted octanol–water partition coefficient (Wildman–Crippen LogP) is 3.74. The molecule has 37 heavy (non-hydrogen) atoms. The van der Waals surface area contributed by atoms with Gasteiger partial charge in [-0.3, -0.25) is 4.68 Å². The van der Waals surface area contributed by atoms with Gasteiger partial charge < -0.3 is 14.6 Å². The third-order valence-electron chi connectivity index (χ3n) is 7.51. The van der Waals surface area contributed by atoms with E-state index in [1.54, 1.807) is 18.3 Å². The van der Waals surface area contributed by atoms with Crippen LogP contribution < -0.4 is 9.62 Å². The van der Waals surface area contributed by atoms with Gasteiger partial charge in [0.05, 0.1) is 29.0 Å². The van der Waals surface area contributed by atoms with Crippen LogP contribution in [0.3, 0.4) is 0 Å². The molecule has 2 aliphatic heterocycles. The quantitative estimate of drug-likeness (QED) is 0.397. The molecule has 0 amide bonds. The van der Waals surface area contributed by atoms with Crippen LogP contribution >= 0.6 is 0 Å². The van der Waals surface area contributed by atoms with Crippen LogP contribution in [-0.2, 0) is 14.8 Å². The number of ether oxygens (including phenoxy) is 1. The molecular weight excluding hydrogens is 490 g/mol. The smallest absolute Gasteiger partial charge is 0.240 e. The summed E-state index contributed by atoms with van der Waals surface area (Å²) in [6.45, 7) is 4.57. The van der Waals surface area contributed by atoms with Gasteiger partial charge in [-0.1, -0.05) is 0 Å². The molecule has 4 aromatic rings. The van der Waals surface area contributed by atoms with E-state index in [9.17, 15) is 8.42 Å². The Bertz CT molecular complexity index is 1540. The standard InChI is InChI=1S/C26H31N7O3S/c1-17-4-3-7-32(17)21-10-18(11-22(12-21)37(34,35)27-2)24-15-29-26-25(31-24)23(14-28-26)19-13-30-33(16-19)20-5-8-36-9-6-20/h10-17,20,27H,3-9H2,1-2H3,(H,28,29). The zero-order chi connectivity index (χ0) is 25.6. The fraction of sp³-hybridized carbons (Fsp3) is 0.423. The molecule has 0 spiro atoms. The second-order valence-electron chi connectivity index (χ2n) is 9.82. The summed E-state index contributed by atoms with van der Waals surface area (Å²) in [6, 6.07) is 6.11. The molecule has 1 unspecified atom stereocenters. The number of nitrogens with one attached hydrogen (secondary N) is 2. The summed E-state index contributed by atoms with van der Waals surface area (Å²) in [5.41, 5.74) is 5.48. The summed E-state index contributed by atoms with van der Waals surface area (Å²) in [6.07, 6.45) is 11.6. The lowest BCUT2D eigenvalue weighted by atomic mass is 10.1. The van der Waals surface area contributed by atoms with E-state index >= 15 is 0 Å². The van der Waals surface area contributed by atoms with Crippen molar-refractivity contribution in [1.82, 2.24) is 29.5 Å².